The van der Waals surface area contributed by atoms with Crippen molar-refractivity contribution in [2.45, 2.75) is 13.5 Å². The first-order valence-corrected chi connectivity index (χ1v) is 7.79. The van der Waals surface area contributed by atoms with E-state index in [0.717, 1.165) is 16.4 Å². The van der Waals surface area contributed by atoms with Gasteiger partial charge < -0.3 is 4.57 Å². The van der Waals surface area contributed by atoms with E-state index in [1.54, 1.807) is 22.8 Å². The van der Waals surface area contributed by atoms with Gasteiger partial charge in [0, 0.05) is 11.9 Å². The monoisotopic (exact) mass is 331 g/mol. The summed E-state index contributed by atoms with van der Waals surface area (Å²) in [6, 6.07) is 14.4. The Labute approximate surface area is 141 Å². The minimum atomic E-state index is -0.206. The highest BCUT2D eigenvalue weighted by atomic mass is 16.1. The van der Waals surface area contributed by atoms with Crippen LogP contribution in [-0.4, -0.2) is 25.6 Å². The van der Waals surface area contributed by atoms with Crippen LogP contribution in [0, 0.1) is 0 Å². The van der Waals surface area contributed by atoms with Crippen LogP contribution in [-0.2, 0) is 11.3 Å². The van der Waals surface area contributed by atoms with E-state index < -0.39 is 0 Å². The van der Waals surface area contributed by atoms with E-state index in [0.29, 0.717) is 23.4 Å². The molecule has 4 aromatic rings. The van der Waals surface area contributed by atoms with E-state index >= 15 is 0 Å². The summed E-state index contributed by atoms with van der Waals surface area (Å²) in [6.45, 7) is 2.35. The fourth-order valence-electron chi connectivity index (χ4n) is 2.89. The van der Waals surface area contributed by atoms with E-state index in [9.17, 15) is 9.59 Å². The number of benzene rings is 2. The average molecular weight is 331 g/mol. The van der Waals surface area contributed by atoms with Crippen LogP contribution in [0.4, 0.5) is 5.69 Å². The number of nitrogens with zero attached hydrogens (tertiary/aromatic N) is 5. The number of aryl methyl sites for hydroxylation is 1. The van der Waals surface area contributed by atoms with Gasteiger partial charge in [0.25, 0.3) is 5.56 Å². The minimum Gasteiger partial charge on any atom is -0.307 e. The van der Waals surface area contributed by atoms with Crippen molar-refractivity contribution in [3.05, 3.63) is 58.9 Å². The quantitative estimate of drug-likeness (QED) is 0.427. The van der Waals surface area contributed by atoms with Crippen molar-refractivity contribution in [2.75, 3.05) is 0 Å². The first-order chi connectivity index (χ1) is 12.2. The van der Waals surface area contributed by atoms with E-state index in [-0.39, 0.29) is 5.56 Å². The Morgan fingerprint density at radius 2 is 1.80 bits per heavy atom. The molecule has 7 heteroatoms. The van der Waals surface area contributed by atoms with Crippen molar-refractivity contribution in [3.63, 3.8) is 0 Å². The van der Waals surface area contributed by atoms with Crippen molar-refractivity contribution in [3.8, 4) is 5.69 Å². The molecule has 2 aromatic heterocycles. The van der Waals surface area contributed by atoms with Crippen LogP contribution in [0.1, 0.15) is 6.92 Å². The molecule has 2 aromatic carbocycles. The molecular weight excluding hydrogens is 318 g/mol. The molecule has 2 heterocycles. The summed E-state index contributed by atoms with van der Waals surface area (Å²) in [7, 11) is 0. The Kier molecular flexibility index (Phi) is 3.48. The summed E-state index contributed by atoms with van der Waals surface area (Å²) >= 11 is 0. The first-order valence-electron chi connectivity index (χ1n) is 7.79. The number of aromatic nitrogens is 4. The van der Waals surface area contributed by atoms with Crippen LogP contribution in [0.5, 0.6) is 0 Å². The van der Waals surface area contributed by atoms with Crippen LogP contribution in [0.2, 0.25) is 0 Å². The Morgan fingerprint density at radius 1 is 1.08 bits per heavy atom. The Balaban J connectivity index is 2.01. The Morgan fingerprint density at radius 3 is 2.44 bits per heavy atom. The van der Waals surface area contributed by atoms with Crippen molar-refractivity contribution >= 4 is 33.7 Å². The van der Waals surface area contributed by atoms with Gasteiger partial charge in [-0.05, 0) is 37.3 Å². The summed E-state index contributed by atoms with van der Waals surface area (Å²) in [4.78, 5) is 28.4. The van der Waals surface area contributed by atoms with Gasteiger partial charge in [-0.15, -0.1) is 15.0 Å². The zero-order valence-electron chi connectivity index (χ0n) is 13.4. The molecule has 0 saturated heterocycles. The molecule has 0 aliphatic carbocycles. The van der Waals surface area contributed by atoms with Crippen LogP contribution >= 0.6 is 0 Å². The number of rotatable bonds is 3. The Hall–Kier alpha value is -3.57. The summed E-state index contributed by atoms with van der Waals surface area (Å²) in [5, 5.41) is 9.63. The van der Waals surface area contributed by atoms with Crippen LogP contribution in [0.3, 0.4) is 0 Å². The predicted molar refractivity (Wildman–Crippen MR) is 94.1 cm³/mol. The number of isocyanates is 1. The standard InChI is InChI=1S/C18H13N5O2/c1-2-22-16-10-13(19-11-24)8-7-12(16)9-17(18(22)25)23-20-14-5-3-4-6-15(14)21-23/h3-10H,2H2,1H3. The second-order valence-electron chi connectivity index (χ2n) is 5.50. The highest BCUT2D eigenvalue weighted by Crippen LogP contribution is 2.22. The van der Waals surface area contributed by atoms with Gasteiger partial charge in [-0.3, -0.25) is 4.79 Å². The van der Waals surface area contributed by atoms with Crippen molar-refractivity contribution in [2.24, 2.45) is 4.99 Å². The average Bonchev–Trinajstić information content (AvgIpc) is 3.05. The normalized spacial score (nSPS) is 10.9. The van der Waals surface area contributed by atoms with E-state index in [1.165, 1.54) is 10.9 Å². The molecule has 0 aliphatic heterocycles. The molecular formula is C18H13N5O2. The molecule has 4 rings (SSSR count). The van der Waals surface area contributed by atoms with Crippen molar-refractivity contribution in [1.82, 2.24) is 19.6 Å². The van der Waals surface area contributed by atoms with Gasteiger partial charge in [-0.2, -0.15) is 4.99 Å². The van der Waals surface area contributed by atoms with Gasteiger partial charge in [0.2, 0.25) is 6.08 Å². The van der Waals surface area contributed by atoms with E-state index in [2.05, 4.69) is 15.2 Å². The molecule has 0 spiro atoms. The number of hydrogen-bond donors (Lipinski definition) is 0. The van der Waals surface area contributed by atoms with Gasteiger partial charge in [0.1, 0.15) is 11.0 Å². The molecule has 0 aliphatic rings. The van der Waals surface area contributed by atoms with Crippen LogP contribution in [0.15, 0.2) is 58.3 Å². The maximum Gasteiger partial charge on any atom is 0.278 e. The third-order valence-electron chi connectivity index (χ3n) is 4.05. The van der Waals surface area contributed by atoms with E-state index in [4.69, 9.17) is 0 Å². The molecule has 0 unspecified atom stereocenters. The van der Waals surface area contributed by atoms with Crippen LogP contribution in [0.25, 0.3) is 27.6 Å². The largest absolute Gasteiger partial charge is 0.307 e. The molecule has 0 atom stereocenters. The molecule has 0 bridgehead atoms. The molecule has 122 valence electrons. The SMILES string of the molecule is CCn1c(=O)c(-n2nc3ccccc3n2)cc2ccc(N=C=O)cc21. The highest BCUT2D eigenvalue weighted by molar-refractivity contribution is 5.84. The lowest BCUT2D eigenvalue weighted by Crippen LogP contribution is -2.25. The first kappa shape index (κ1) is 15.0. The number of fused-ring (bicyclic) bond motifs is 2. The Bertz CT molecular complexity index is 1180. The minimum absolute atomic E-state index is 0.206. The zero-order chi connectivity index (χ0) is 17.4. The molecule has 0 N–H and O–H groups in total. The van der Waals surface area contributed by atoms with Crippen molar-refractivity contribution in [1.29, 1.82) is 0 Å². The maximum atomic E-state index is 12.9. The second kappa shape index (κ2) is 5.81. The lowest BCUT2D eigenvalue weighted by Gasteiger charge is -2.10. The number of pyridine rings is 1. The molecule has 25 heavy (non-hydrogen) atoms. The molecule has 0 amide bonds. The van der Waals surface area contributed by atoms with Gasteiger partial charge in [-0.25, -0.2) is 4.79 Å². The second-order valence-corrected chi connectivity index (χ2v) is 5.50. The summed E-state index contributed by atoms with van der Waals surface area (Å²) in [5.74, 6) is 0. The van der Waals surface area contributed by atoms with Gasteiger partial charge >= 0.3 is 0 Å². The predicted octanol–water partition coefficient (Wildman–Crippen LogP) is 2.72. The molecule has 0 fully saturated rings. The maximum absolute atomic E-state index is 12.9. The van der Waals surface area contributed by atoms with Gasteiger partial charge in [-0.1, -0.05) is 18.2 Å². The number of carbonyl (C=O) groups excluding carboxylic acids is 1. The fraction of sp³-hybridized carbons (Fsp3) is 0.111. The molecule has 0 saturated carbocycles. The van der Waals surface area contributed by atoms with Gasteiger partial charge in [0.05, 0.1) is 11.2 Å². The van der Waals surface area contributed by atoms with Crippen molar-refractivity contribution < 1.29 is 4.79 Å². The summed E-state index contributed by atoms with van der Waals surface area (Å²) < 4.78 is 1.61. The molecule has 0 radical (unpaired) electrons. The van der Waals surface area contributed by atoms with Crippen LogP contribution < -0.4 is 5.56 Å². The third-order valence-corrected chi connectivity index (χ3v) is 4.05. The fourth-order valence-corrected chi connectivity index (χ4v) is 2.89. The highest BCUT2D eigenvalue weighted by Gasteiger charge is 2.13. The summed E-state index contributed by atoms with van der Waals surface area (Å²) in [6.07, 6.45) is 1.52. The lowest BCUT2D eigenvalue weighted by atomic mass is 10.2. The lowest BCUT2D eigenvalue weighted by molar-refractivity contribution is 0.565. The molecule has 7 nitrogen and oxygen atoms in total. The summed E-state index contributed by atoms with van der Waals surface area (Å²) in [5.41, 5.74) is 2.77. The number of aliphatic imine (C=N–C) groups is 1. The topological polar surface area (TPSA) is 82.1 Å². The third kappa shape index (κ3) is 2.43. The van der Waals surface area contributed by atoms with Gasteiger partial charge in [0.15, 0.2) is 5.69 Å². The smallest absolute Gasteiger partial charge is 0.278 e. The zero-order valence-corrected chi connectivity index (χ0v) is 13.4. The number of hydrogen-bond acceptors (Lipinski definition) is 5. The van der Waals surface area contributed by atoms with E-state index in [1.807, 2.05) is 37.3 Å².